The van der Waals surface area contributed by atoms with Crippen LogP contribution in [0.4, 0.5) is 5.69 Å². The van der Waals surface area contributed by atoms with Gasteiger partial charge in [-0.05, 0) is 79.6 Å². The molecule has 0 radical (unpaired) electrons. The number of hydrogen-bond acceptors (Lipinski definition) is 5. The van der Waals surface area contributed by atoms with Crippen molar-refractivity contribution >= 4 is 34.7 Å². The van der Waals surface area contributed by atoms with Gasteiger partial charge in [-0.2, -0.15) is 0 Å². The number of nitrogens with zero attached hydrogens (tertiary/aromatic N) is 2. The number of likely N-dealkylation sites (tertiary alicyclic amines) is 1. The van der Waals surface area contributed by atoms with Gasteiger partial charge in [-0.25, -0.2) is 0 Å². The number of aromatic nitrogens is 1. The van der Waals surface area contributed by atoms with Crippen LogP contribution in [0.25, 0.3) is 5.70 Å². The Bertz CT molecular complexity index is 893. The Hall–Kier alpha value is -1.69. The fourth-order valence-corrected chi connectivity index (χ4v) is 5.29. The average Bonchev–Trinajstić information content (AvgIpc) is 3.40. The standard InChI is InChI=1S/C24H31ClN4S/c1-17(2)13-20-14-18(7-8-26-20)24-28-23(16-30-24)21-6-5-19(15-22(21)25)27-9-12-29-10-3-4-11-29/h5-8,14-17,24,27-28H,3-4,9-13H2,1-2H3. The first-order chi connectivity index (χ1) is 14.6. The van der Waals surface area contributed by atoms with E-state index in [0.717, 1.165) is 47.2 Å². The molecular weight excluding hydrogens is 412 g/mol. The molecule has 1 saturated heterocycles. The second kappa shape index (κ2) is 10.1. The SMILES string of the molecule is CC(C)Cc1cc(C2NC(c3ccc(NCCN4CCCC4)cc3Cl)=CS2)ccn1. The molecule has 30 heavy (non-hydrogen) atoms. The van der Waals surface area contributed by atoms with Crippen molar-refractivity contribution in [2.24, 2.45) is 5.92 Å². The Labute approximate surface area is 189 Å². The zero-order valence-corrected chi connectivity index (χ0v) is 19.4. The summed E-state index contributed by atoms with van der Waals surface area (Å²) < 4.78 is 0. The number of anilines is 1. The Morgan fingerprint density at radius 2 is 2.07 bits per heavy atom. The zero-order chi connectivity index (χ0) is 20.9. The minimum absolute atomic E-state index is 0.197. The van der Waals surface area contributed by atoms with E-state index in [1.807, 2.05) is 12.3 Å². The monoisotopic (exact) mass is 442 g/mol. The van der Waals surface area contributed by atoms with Gasteiger partial charge in [-0.3, -0.25) is 4.98 Å². The lowest BCUT2D eigenvalue weighted by molar-refractivity contribution is 0.352. The highest BCUT2D eigenvalue weighted by Crippen LogP contribution is 2.39. The van der Waals surface area contributed by atoms with E-state index in [1.165, 1.54) is 31.5 Å². The van der Waals surface area contributed by atoms with Crippen LogP contribution in [-0.4, -0.2) is 36.1 Å². The molecule has 1 aromatic heterocycles. The van der Waals surface area contributed by atoms with Crippen LogP contribution < -0.4 is 10.6 Å². The first-order valence-corrected chi connectivity index (χ1v) is 12.2. The topological polar surface area (TPSA) is 40.2 Å². The summed E-state index contributed by atoms with van der Waals surface area (Å²) in [6, 6.07) is 10.6. The van der Waals surface area contributed by atoms with Gasteiger partial charge in [0.25, 0.3) is 0 Å². The highest BCUT2D eigenvalue weighted by atomic mass is 35.5. The van der Waals surface area contributed by atoms with E-state index in [2.05, 4.69) is 64.0 Å². The summed E-state index contributed by atoms with van der Waals surface area (Å²) in [4.78, 5) is 7.03. The summed E-state index contributed by atoms with van der Waals surface area (Å²) in [7, 11) is 0. The number of benzene rings is 1. The summed E-state index contributed by atoms with van der Waals surface area (Å²) >= 11 is 8.43. The summed E-state index contributed by atoms with van der Waals surface area (Å²) in [5.41, 5.74) is 5.63. The zero-order valence-electron chi connectivity index (χ0n) is 17.8. The molecule has 0 aliphatic carbocycles. The molecule has 2 aromatic rings. The molecule has 4 nitrogen and oxygen atoms in total. The van der Waals surface area contributed by atoms with Crippen molar-refractivity contribution in [1.82, 2.24) is 15.2 Å². The van der Waals surface area contributed by atoms with Gasteiger partial charge >= 0.3 is 0 Å². The molecule has 1 atom stereocenters. The Kier molecular flexibility index (Phi) is 7.24. The summed E-state index contributed by atoms with van der Waals surface area (Å²) in [6.07, 6.45) is 5.59. The van der Waals surface area contributed by atoms with Crippen molar-refractivity contribution in [3.63, 3.8) is 0 Å². The Morgan fingerprint density at radius 3 is 2.83 bits per heavy atom. The van der Waals surface area contributed by atoms with Crippen LogP contribution >= 0.6 is 23.4 Å². The second-order valence-electron chi connectivity index (χ2n) is 8.54. The van der Waals surface area contributed by atoms with Gasteiger partial charge in [0.1, 0.15) is 5.37 Å². The summed E-state index contributed by atoms with van der Waals surface area (Å²) in [5.74, 6) is 0.604. The normalized spacial score (nSPS) is 19.2. The molecule has 0 spiro atoms. The van der Waals surface area contributed by atoms with Crippen molar-refractivity contribution in [2.45, 2.75) is 38.5 Å². The van der Waals surface area contributed by atoms with E-state index in [9.17, 15) is 0 Å². The maximum atomic E-state index is 6.64. The third-order valence-electron chi connectivity index (χ3n) is 5.58. The minimum Gasteiger partial charge on any atom is -0.384 e. The first-order valence-electron chi connectivity index (χ1n) is 10.9. The van der Waals surface area contributed by atoms with Crippen molar-refractivity contribution in [3.05, 3.63) is 63.8 Å². The largest absolute Gasteiger partial charge is 0.384 e. The fourth-order valence-electron chi connectivity index (χ4n) is 4.05. The molecular formula is C24H31ClN4S. The van der Waals surface area contributed by atoms with Crippen molar-refractivity contribution in [3.8, 4) is 0 Å². The van der Waals surface area contributed by atoms with E-state index < -0.39 is 0 Å². The average molecular weight is 443 g/mol. The number of halogens is 1. The number of thioether (sulfide) groups is 1. The van der Waals surface area contributed by atoms with Gasteiger partial charge in [0.15, 0.2) is 0 Å². The second-order valence-corrected chi connectivity index (χ2v) is 9.93. The molecule has 4 rings (SSSR count). The van der Waals surface area contributed by atoms with Crippen LogP contribution in [-0.2, 0) is 6.42 Å². The summed E-state index contributed by atoms with van der Waals surface area (Å²) in [5, 5.41) is 10.3. The minimum atomic E-state index is 0.197. The van der Waals surface area contributed by atoms with Crippen molar-refractivity contribution < 1.29 is 0 Å². The van der Waals surface area contributed by atoms with Gasteiger partial charge in [0.05, 0.1) is 10.7 Å². The molecule has 0 saturated carbocycles. The van der Waals surface area contributed by atoms with E-state index in [0.29, 0.717) is 5.92 Å². The maximum absolute atomic E-state index is 6.64. The van der Waals surface area contributed by atoms with Gasteiger partial charge in [-0.15, -0.1) is 11.8 Å². The Morgan fingerprint density at radius 1 is 1.23 bits per heavy atom. The Balaban J connectivity index is 1.35. The van der Waals surface area contributed by atoms with Gasteiger partial charge in [-0.1, -0.05) is 25.4 Å². The van der Waals surface area contributed by atoms with Gasteiger partial charge in [0, 0.05) is 36.2 Å². The smallest absolute Gasteiger partial charge is 0.102 e. The van der Waals surface area contributed by atoms with Crippen LogP contribution in [0.15, 0.2) is 41.9 Å². The molecule has 2 aliphatic heterocycles. The van der Waals surface area contributed by atoms with E-state index in [1.54, 1.807) is 11.8 Å². The predicted molar refractivity (Wildman–Crippen MR) is 130 cm³/mol. The lowest BCUT2D eigenvalue weighted by atomic mass is 10.1. The molecule has 1 aromatic carbocycles. The maximum Gasteiger partial charge on any atom is 0.102 e. The fraction of sp³-hybridized carbons (Fsp3) is 0.458. The highest BCUT2D eigenvalue weighted by Gasteiger charge is 2.21. The predicted octanol–water partition coefficient (Wildman–Crippen LogP) is 5.77. The van der Waals surface area contributed by atoms with Crippen molar-refractivity contribution in [2.75, 3.05) is 31.5 Å². The molecule has 2 N–H and O–H groups in total. The van der Waals surface area contributed by atoms with E-state index in [4.69, 9.17) is 11.6 Å². The number of hydrogen-bond donors (Lipinski definition) is 2. The molecule has 160 valence electrons. The van der Waals surface area contributed by atoms with Crippen LogP contribution in [0.5, 0.6) is 0 Å². The number of pyridine rings is 1. The van der Waals surface area contributed by atoms with Gasteiger partial charge < -0.3 is 15.5 Å². The third-order valence-corrected chi connectivity index (χ3v) is 6.93. The van der Waals surface area contributed by atoms with Crippen LogP contribution in [0.3, 0.4) is 0 Å². The summed E-state index contributed by atoms with van der Waals surface area (Å²) in [6.45, 7) is 8.96. The molecule has 1 unspecified atom stereocenters. The van der Waals surface area contributed by atoms with Crippen LogP contribution in [0.2, 0.25) is 5.02 Å². The molecule has 6 heteroatoms. The van der Waals surface area contributed by atoms with Crippen LogP contribution in [0.1, 0.15) is 48.9 Å². The number of rotatable bonds is 8. The van der Waals surface area contributed by atoms with Gasteiger partial charge in [0.2, 0.25) is 0 Å². The molecule has 2 aliphatic rings. The third kappa shape index (κ3) is 5.51. The number of nitrogens with one attached hydrogen (secondary N) is 2. The lowest BCUT2D eigenvalue weighted by Gasteiger charge is -2.17. The molecule has 1 fully saturated rings. The van der Waals surface area contributed by atoms with Crippen molar-refractivity contribution in [1.29, 1.82) is 0 Å². The first kappa shape index (κ1) is 21.5. The van der Waals surface area contributed by atoms with E-state index in [-0.39, 0.29) is 5.37 Å². The molecule has 3 heterocycles. The lowest BCUT2D eigenvalue weighted by Crippen LogP contribution is -2.25. The van der Waals surface area contributed by atoms with Crippen LogP contribution in [0, 0.1) is 5.92 Å². The molecule has 0 bridgehead atoms. The van der Waals surface area contributed by atoms with E-state index >= 15 is 0 Å². The molecule has 0 amide bonds. The highest BCUT2D eigenvalue weighted by molar-refractivity contribution is 8.02. The quantitative estimate of drug-likeness (QED) is 0.542.